The molecule has 6 nitrogen and oxygen atoms in total. The van der Waals surface area contributed by atoms with Crippen molar-refractivity contribution < 1.29 is 9.18 Å². The zero-order chi connectivity index (χ0) is 21.1. The van der Waals surface area contributed by atoms with Crippen LogP contribution in [0.4, 0.5) is 15.2 Å². The molecule has 0 spiro atoms. The Balaban J connectivity index is 1.50. The summed E-state index contributed by atoms with van der Waals surface area (Å²) >= 11 is 2.87. The van der Waals surface area contributed by atoms with Gasteiger partial charge < -0.3 is 4.57 Å². The molecule has 2 heterocycles. The topological polar surface area (TPSA) is 63.9 Å². The highest BCUT2D eigenvalue weighted by Gasteiger charge is 2.19. The van der Waals surface area contributed by atoms with E-state index >= 15 is 0 Å². The highest BCUT2D eigenvalue weighted by Crippen LogP contribution is 2.31. The normalized spacial score (nSPS) is 10.9. The predicted octanol–water partition coefficient (Wildman–Crippen LogP) is 5.05. The van der Waals surface area contributed by atoms with Gasteiger partial charge in [-0.05, 0) is 24.3 Å². The second-order valence-corrected chi connectivity index (χ2v) is 8.22. The third-order valence-corrected chi connectivity index (χ3v) is 6.29. The van der Waals surface area contributed by atoms with Gasteiger partial charge in [-0.15, -0.1) is 21.5 Å². The minimum absolute atomic E-state index is 0.0995. The minimum Gasteiger partial charge on any atom is -0.305 e. The molecule has 2 aromatic carbocycles. The van der Waals surface area contributed by atoms with E-state index in [1.165, 1.54) is 36.1 Å². The molecule has 1 amide bonds. The summed E-state index contributed by atoms with van der Waals surface area (Å²) in [7, 11) is 1.81. The lowest BCUT2D eigenvalue weighted by Gasteiger charge is -2.17. The second-order valence-electron chi connectivity index (χ2n) is 6.45. The predicted molar refractivity (Wildman–Crippen MR) is 117 cm³/mol. The van der Waals surface area contributed by atoms with Crippen LogP contribution in [0.1, 0.15) is 12.6 Å². The lowest BCUT2D eigenvalue weighted by molar-refractivity contribution is -0.115. The van der Waals surface area contributed by atoms with Gasteiger partial charge in [0, 0.05) is 25.1 Å². The average molecular weight is 440 g/mol. The lowest BCUT2D eigenvalue weighted by atomic mass is 10.2. The molecule has 0 aliphatic heterocycles. The van der Waals surface area contributed by atoms with Gasteiger partial charge in [-0.3, -0.25) is 9.69 Å². The van der Waals surface area contributed by atoms with Crippen molar-refractivity contribution >= 4 is 39.8 Å². The summed E-state index contributed by atoms with van der Waals surface area (Å²) in [6, 6.07) is 15.9. The number of carbonyl (C=O) groups excluding carboxylic acids is 1. The van der Waals surface area contributed by atoms with E-state index in [0.29, 0.717) is 27.4 Å². The van der Waals surface area contributed by atoms with Crippen LogP contribution in [0.2, 0.25) is 0 Å². The van der Waals surface area contributed by atoms with Gasteiger partial charge >= 0.3 is 0 Å². The van der Waals surface area contributed by atoms with E-state index in [1.807, 2.05) is 42.8 Å². The molecule has 0 radical (unpaired) electrons. The second kappa shape index (κ2) is 8.76. The molecule has 30 heavy (non-hydrogen) atoms. The van der Waals surface area contributed by atoms with Crippen LogP contribution in [0.15, 0.2) is 65.1 Å². The molecule has 0 saturated carbocycles. The van der Waals surface area contributed by atoms with Gasteiger partial charge in [0.25, 0.3) is 0 Å². The number of aromatic nitrogens is 4. The van der Waals surface area contributed by atoms with Crippen LogP contribution in [0.5, 0.6) is 0 Å². The van der Waals surface area contributed by atoms with Crippen LogP contribution < -0.4 is 4.90 Å². The first-order chi connectivity index (χ1) is 14.5. The number of hydrogen-bond donors (Lipinski definition) is 0. The molecule has 152 valence electrons. The van der Waals surface area contributed by atoms with E-state index in [9.17, 15) is 9.18 Å². The first-order valence-corrected chi connectivity index (χ1v) is 11.0. The zero-order valence-corrected chi connectivity index (χ0v) is 18.0. The smallest absolute Gasteiger partial charge is 0.230 e. The molecule has 4 rings (SSSR count). The van der Waals surface area contributed by atoms with Crippen molar-refractivity contribution in [3.8, 4) is 11.4 Å². The Hall–Kier alpha value is -3.04. The first-order valence-electron chi connectivity index (χ1n) is 9.12. The minimum atomic E-state index is -0.334. The molecule has 0 aliphatic rings. The maximum absolute atomic E-state index is 14.1. The quantitative estimate of drug-likeness (QED) is 0.393. The zero-order valence-electron chi connectivity index (χ0n) is 16.3. The summed E-state index contributed by atoms with van der Waals surface area (Å²) in [6.07, 6.45) is 0. The number of para-hydroxylation sites is 1. The van der Waals surface area contributed by atoms with E-state index in [-0.39, 0.29) is 11.7 Å². The largest absolute Gasteiger partial charge is 0.305 e. The van der Waals surface area contributed by atoms with Gasteiger partial charge in [-0.2, -0.15) is 0 Å². The fourth-order valence-corrected chi connectivity index (χ4v) is 4.72. The summed E-state index contributed by atoms with van der Waals surface area (Å²) in [5.74, 6) is 0.596. The number of thioether (sulfide) groups is 1. The Morgan fingerprint density at radius 2 is 1.87 bits per heavy atom. The Morgan fingerprint density at radius 1 is 1.13 bits per heavy atom. The maximum atomic E-state index is 14.1. The van der Waals surface area contributed by atoms with Crippen LogP contribution in [0, 0.1) is 5.82 Å². The molecule has 0 aliphatic carbocycles. The summed E-state index contributed by atoms with van der Waals surface area (Å²) in [6.45, 7) is 1.52. The van der Waals surface area contributed by atoms with E-state index in [4.69, 9.17) is 0 Å². The molecule has 0 bridgehead atoms. The third kappa shape index (κ3) is 4.12. The fraction of sp³-hybridized carbons (Fsp3) is 0.143. The number of amides is 1. The average Bonchev–Trinajstić information content (AvgIpc) is 3.34. The van der Waals surface area contributed by atoms with Gasteiger partial charge in [-0.25, -0.2) is 9.37 Å². The number of halogens is 1. The molecule has 0 N–H and O–H groups in total. The van der Waals surface area contributed by atoms with Crippen molar-refractivity contribution in [1.82, 2.24) is 19.7 Å². The molecule has 4 aromatic rings. The molecular weight excluding hydrogens is 421 g/mol. The molecule has 0 saturated heterocycles. The van der Waals surface area contributed by atoms with Crippen molar-refractivity contribution in [2.24, 2.45) is 7.05 Å². The van der Waals surface area contributed by atoms with E-state index < -0.39 is 0 Å². The fourth-order valence-electron chi connectivity index (χ4n) is 2.93. The SMILES string of the molecule is CC(=O)N(c1ccccc1)c1nc(CSc2nnc(-c3ccccc3F)n2C)cs1. The Bertz CT molecular complexity index is 1180. The number of anilines is 2. The summed E-state index contributed by atoms with van der Waals surface area (Å²) in [4.78, 5) is 18.4. The molecular formula is C21H18FN5OS2. The highest BCUT2D eigenvalue weighted by atomic mass is 32.2. The van der Waals surface area contributed by atoms with Crippen molar-refractivity contribution in [2.75, 3.05) is 4.90 Å². The van der Waals surface area contributed by atoms with Crippen molar-refractivity contribution in [1.29, 1.82) is 0 Å². The van der Waals surface area contributed by atoms with Gasteiger partial charge in [-0.1, -0.05) is 42.1 Å². The van der Waals surface area contributed by atoms with E-state index in [2.05, 4.69) is 15.2 Å². The van der Waals surface area contributed by atoms with Gasteiger partial charge in [0.1, 0.15) is 5.82 Å². The Labute approximate surface area is 181 Å². The van der Waals surface area contributed by atoms with Crippen LogP contribution in [0.3, 0.4) is 0 Å². The van der Waals surface area contributed by atoms with Crippen molar-refractivity contribution in [2.45, 2.75) is 17.8 Å². The number of nitrogens with zero attached hydrogens (tertiary/aromatic N) is 5. The van der Waals surface area contributed by atoms with Gasteiger partial charge in [0.05, 0.1) is 16.9 Å². The van der Waals surface area contributed by atoms with Crippen LogP contribution in [-0.2, 0) is 17.6 Å². The number of thiazole rings is 1. The monoisotopic (exact) mass is 439 g/mol. The summed E-state index contributed by atoms with van der Waals surface area (Å²) < 4.78 is 15.8. The molecule has 2 aromatic heterocycles. The Kier molecular flexibility index (Phi) is 5.91. The third-order valence-electron chi connectivity index (χ3n) is 4.36. The van der Waals surface area contributed by atoms with E-state index in [0.717, 1.165) is 11.4 Å². The number of hydrogen-bond acceptors (Lipinski definition) is 6. The van der Waals surface area contributed by atoms with Crippen LogP contribution in [0.25, 0.3) is 11.4 Å². The lowest BCUT2D eigenvalue weighted by Crippen LogP contribution is -2.22. The summed E-state index contributed by atoms with van der Waals surface area (Å²) in [5.41, 5.74) is 2.02. The highest BCUT2D eigenvalue weighted by molar-refractivity contribution is 7.98. The van der Waals surface area contributed by atoms with Crippen LogP contribution in [-0.4, -0.2) is 25.7 Å². The molecule has 9 heteroatoms. The maximum Gasteiger partial charge on any atom is 0.230 e. The Morgan fingerprint density at radius 3 is 2.60 bits per heavy atom. The van der Waals surface area contributed by atoms with Crippen LogP contribution >= 0.6 is 23.1 Å². The summed E-state index contributed by atoms with van der Waals surface area (Å²) in [5, 5.41) is 11.5. The number of rotatable bonds is 6. The van der Waals surface area contributed by atoms with Crippen molar-refractivity contribution in [3.63, 3.8) is 0 Å². The van der Waals surface area contributed by atoms with Gasteiger partial charge in [0.15, 0.2) is 16.1 Å². The van der Waals surface area contributed by atoms with Gasteiger partial charge in [0.2, 0.25) is 5.91 Å². The number of carbonyl (C=O) groups is 1. The molecule has 0 fully saturated rings. The number of benzene rings is 2. The molecule has 0 atom stereocenters. The molecule has 0 unspecified atom stereocenters. The standard InChI is InChI=1S/C21H18FN5OS2/c1-14(28)27(16-8-4-3-5-9-16)20-23-15(12-29-20)13-30-21-25-24-19(26(21)2)17-10-6-7-11-18(17)22/h3-12H,13H2,1-2H3. The first kappa shape index (κ1) is 20.2. The van der Waals surface area contributed by atoms with E-state index in [1.54, 1.807) is 27.7 Å². The van der Waals surface area contributed by atoms with Crippen molar-refractivity contribution in [3.05, 3.63) is 71.5 Å².